The Labute approximate surface area is 132 Å². The van der Waals surface area contributed by atoms with Gasteiger partial charge in [0, 0.05) is 13.0 Å². The third-order valence-corrected chi connectivity index (χ3v) is 5.43. The van der Waals surface area contributed by atoms with Crippen LogP contribution in [0, 0.1) is 5.92 Å². The maximum absolute atomic E-state index is 12.0. The summed E-state index contributed by atoms with van der Waals surface area (Å²) in [4.78, 5) is 11.7. The monoisotopic (exact) mass is 321 g/mol. The molecule has 0 saturated heterocycles. The van der Waals surface area contributed by atoms with Crippen LogP contribution in [0.5, 0.6) is 0 Å². The first-order chi connectivity index (χ1) is 10.6. The fourth-order valence-electron chi connectivity index (χ4n) is 2.60. The number of nitrogens with one attached hydrogen (secondary N) is 1. The van der Waals surface area contributed by atoms with Gasteiger partial charge in [-0.05, 0) is 30.7 Å². The zero-order valence-electron chi connectivity index (χ0n) is 12.7. The van der Waals surface area contributed by atoms with Crippen molar-refractivity contribution in [1.29, 1.82) is 0 Å². The van der Waals surface area contributed by atoms with E-state index in [1.165, 1.54) is 0 Å². The summed E-state index contributed by atoms with van der Waals surface area (Å²) in [6.45, 7) is 0.420. The molecule has 1 aliphatic carbocycles. The van der Waals surface area contributed by atoms with E-state index in [0.717, 1.165) is 18.4 Å². The normalized spacial score (nSPS) is 17.5. The van der Waals surface area contributed by atoms with Crippen molar-refractivity contribution in [1.82, 2.24) is 5.32 Å². The second kappa shape index (κ2) is 8.13. The molecule has 0 spiro atoms. The van der Waals surface area contributed by atoms with E-state index < -0.39 is 9.84 Å². The molecule has 2 rings (SSSR count). The van der Waals surface area contributed by atoms with Crippen LogP contribution in [0.4, 0.5) is 0 Å². The summed E-state index contributed by atoms with van der Waals surface area (Å²) < 4.78 is 24.0. The molecule has 1 amide bonds. The molecule has 0 radical (unpaired) electrons. The van der Waals surface area contributed by atoms with Crippen molar-refractivity contribution in [2.45, 2.75) is 31.4 Å². The highest BCUT2D eigenvalue weighted by Crippen LogP contribution is 2.19. The van der Waals surface area contributed by atoms with Crippen molar-refractivity contribution in [3.05, 3.63) is 48.0 Å². The van der Waals surface area contributed by atoms with Crippen LogP contribution in [0.3, 0.4) is 0 Å². The van der Waals surface area contributed by atoms with Gasteiger partial charge >= 0.3 is 0 Å². The van der Waals surface area contributed by atoms with Crippen molar-refractivity contribution in [3.63, 3.8) is 0 Å². The molecule has 1 N–H and O–H groups in total. The van der Waals surface area contributed by atoms with Crippen LogP contribution >= 0.6 is 0 Å². The lowest BCUT2D eigenvalue weighted by atomic mass is 10.1. The van der Waals surface area contributed by atoms with E-state index in [1.807, 2.05) is 30.3 Å². The molecule has 0 saturated carbocycles. The average molecular weight is 321 g/mol. The maximum atomic E-state index is 12.0. The fraction of sp³-hybridized carbons (Fsp3) is 0.471. The summed E-state index contributed by atoms with van der Waals surface area (Å²) in [5.41, 5.74) is 0.805. The Bertz CT molecular complexity index is 608. The first-order valence-electron chi connectivity index (χ1n) is 7.73. The first kappa shape index (κ1) is 16.7. The summed E-state index contributed by atoms with van der Waals surface area (Å²) in [7, 11) is -3.12. The number of hydrogen-bond acceptors (Lipinski definition) is 3. The molecular weight excluding hydrogens is 298 g/mol. The zero-order valence-corrected chi connectivity index (χ0v) is 13.5. The van der Waals surface area contributed by atoms with Crippen LogP contribution in [0.25, 0.3) is 0 Å². The SMILES string of the molecule is O=C(C[C@H]1C=CCC1)NCCCS(=O)(=O)Cc1ccccc1. The lowest BCUT2D eigenvalue weighted by Gasteiger charge is -2.09. The maximum Gasteiger partial charge on any atom is 0.220 e. The lowest BCUT2D eigenvalue weighted by molar-refractivity contribution is -0.121. The second-order valence-corrected chi connectivity index (χ2v) is 7.93. The smallest absolute Gasteiger partial charge is 0.220 e. The van der Waals surface area contributed by atoms with Gasteiger partial charge in [-0.3, -0.25) is 4.79 Å². The third kappa shape index (κ3) is 6.02. The molecule has 0 aliphatic heterocycles. The summed E-state index contributed by atoms with van der Waals surface area (Å²) in [5, 5.41) is 2.81. The first-order valence-corrected chi connectivity index (χ1v) is 9.55. The van der Waals surface area contributed by atoms with Crippen LogP contribution in [0.15, 0.2) is 42.5 Å². The summed E-state index contributed by atoms with van der Waals surface area (Å²) in [5.74, 6) is 0.527. The van der Waals surface area contributed by atoms with Crippen LogP contribution in [0.1, 0.15) is 31.2 Å². The van der Waals surface area contributed by atoms with Gasteiger partial charge in [-0.15, -0.1) is 0 Å². The van der Waals surface area contributed by atoms with Crippen molar-refractivity contribution >= 4 is 15.7 Å². The van der Waals surface area contributed by atoms with E-state index in [-0.39, 0.29) is 17.4 Å². The highest BCUT2D eigenvalue weighted by atomic mass is 32.2. The number of hydrogen-bond donors (Lipinski definition) is 1. The molecule has 120 valence electrons. The molecule has 1 aliphatic rings. The van der Waals surface area contributed by atoms with Crippen LogP contribution in [0.2, 0.25) is 0 Å². The molecule has 0 unspecified atom stereocenters. The number of carbonyl (C=O) groups is 1. The van der Waals surface area contributed by atoms with Crippen LogP contribution < -0.4 is 5.32 Å². The van der Waals surface area contributed by atoms with E-state index >= 15 is 0 Å². The molecular formula is C17H23NO3S. The number of amides is 1. The number of rotatable bonds is 8. The molecule has 1 aromatic rings. The van der Waals surface area contributed by atoms with E-state index in [9.17, 15) is 13.2 Å². The minimum Gasteiger partial charge on any atom is -0.356 e. The molecule has 0 bridgehead atoms. The fourth-order valence-corrected chi connectivity index (χ4v) is 4.02. The van der Waals surface area contributed by atoms with Crippen molar-refractivity contribution in [2.75, 3.05) is 12.3 Å². The molecule has 0 fully saturated rings. The largest absolute Gasteiger partial charge is 0.356 e. The third-order valence-electron chi connectivity index (χ3n) is 3.74. The number of carbonyl (C=O) groups excluding carboxylic acids is 1. The molecule has 0 aromatic heterocycles. The van der Waals surface area contributed by atoms with Gasteiger partial charge < -0.3 is 5.32 Å². The topological polar surface area (TPSA) is 63.2 Å². The Morgan fingerprint density at radius 2 is 2.00 bits per heavy atom. The Kier molecular flexibility index (Phi) is 6.19. The Morgan fingerprint density at radius 1 is 1.23 bits per heavy atom. The molecule has 1 atom stereocenters. The minimum absolute atomic E-state index is 0.0111. The van der Waals surface area contributed by atoms with Gasteiger partial charge in [0.2, 0.25) is 5.91 Å². The van der Waals surface area contributed by atoms with Crippen molar-refractivity contribution in [3.8, 4) is 0 Å². The Hall–Kier alpha value is -1.62. The number of allylic oxidation sites excluding steroid dienone is 2. The highest BCUT2D eigenvalue weighted by molar-refractivity contribution is 7.90. The van der Waals surface area contributed by atoms with Crippen molar-refractivity contribution < 1.29 is 13.2 Å². The standard InChI is InChI=1S/C17H23NO3S/c19-17(13-15-7-4-5-8-15)18-11-6-12-22(20,21)14-16-9-2-1-3-10-16/h1-4,7,9-10,15H,5-6,8,11-14H2,(H,18,19)/t15-/m0/s1. The van der Waals surface area contributed by atoms with E-state index in [2.05, 4.69) is 17.5 Å². The Morgan fingerprint density at radius 3 is 2.68 bits per heavy atom. The van der Waals surface area contributed by atoms with Crippen LogP contribution in [-0.2, 0) is 20.4 Å². The van der Waals surface area contributed by atoms with Gasteiger partial charge in [-0.25, -0.2) is 8.42 Å². The lowest BCUT2D eigenvalue weighted by Crippen LogP contribution is -2.27. The average Bonchev–Trinajstić information content (AvgIpc) is 2.97. The molecule has 5 heteroatoms. The predicted octanol–water partition coefficient (Wildman–Crippen LogP) is 2.46. The predicted molar refractivity (Wildman–Crippen MR) is 88.0 cm³/mol. The number of sulfone groups is 1. The van der Waals surface area contributed by atoms with Gasteiger partial charge in [-0.2, -0.15) is 0 Å². The summed E-state index contributed by atoms with van der Waals surface area (Å²) in [6, 6.07) is 9.17. The molecule has 0 heterocycles. The van der Waals surface area contributed by atoms with Gasteiger partial charge in [0.15, 0.2) is 9.84 Å². The van der Waals surface area contributed by atoms with Crippen LogP contribution in [-0.4, -0.2) is 26.6 Å². The quantitative estimate of drug-likeness (QED) is 0.591. The Balaban J connectivity index is 1.65. The molecule has 4 nitrogen and oxygen atoms in total. The van der Waals surface area contributed by atoms with Crippen molar-refractivity contribution in [2.24, 2.45) is 5.92 Å². The van der Waals surface area contributed by atoms with E-state index in [4.69, 9.17) is 0 Å². The molecule has 1 aromatic carbocycles. The summed E-state index contributed by atoms with van der Waals surface area (Å²) in [6.07, 6.45) is 7.25. The summed E-state index contributed by atoms with van der Waals surface area (Å²) >= 11 is 0. The zero-order chi connectivity index (χ0) is 15.8. The highest BCUT2D eigenvalue weighted by Gasteiger charge is 2.14. The second-order valence-electron chi connectivity index (χ2n) is 5.75. The minimum atomic E-state index is -3.12. The van der Waals surface area contributed by atoms with Gasteiger partial charge in [0.05, 0.1) is 11.5 Å². The number of benzene rings is 1. The van der Waals surface area contributed by atoms with Gasteiger partial charge in [0.1, 0.15) is 0 Å². The molecule has 22 heavy (non-hydrogen) atoms. The van der Waals surface area contributed by atoms with E-state index in [0.29, 0.717) is 25.3 Å². The van der Waals surface area contributed by atoms with E-state index in [1.54, 1.807) is 0 Å². The van der Waals surface area contributed by atoms with Gasteiger partial charge in [-0.1, -0.05) is 42.5 Å². The van der Waals surface area contributed by atoms with Gasteiger partial charge in [0.25, 0.3) is 0 Å².